The summed E-state index contributed by atoms with van der Waals surface area (Å²) in [6.07, 6.45) is 10.3. The molecule has 1 N–H and O–H groups in total. The van der Waals surface area contributed by atoms with Crippen LogP contribution in [0.2, 0.25) is 18.1 Å². The van der Waals surface area contributed by atoms with Crippen molar-refractivity contribution < 1.29 is 18.3 Å². The first-order chi connectivity index (χ1) is 24.4. The van der Waals surface area contributed by atoms with Gasteiger partial charge in [0.25, 0.3) is 0 Å². The van der Waals surface area contributed by atoms with Crippen molar-refractivity contribution in [2.45, 2.75) is 143 Å². The number of pyridine rings is 1. The molecule has 284 valence electrons. The van der Waals surface area contributed by atoms with Gasteiger partial charge in [-0.3, -0.25) is 4.90 Å². The van der Waals surface area contributed by atoms with Crippen molar-refractivity contribution in [2.24, 2.45) is 0 Å². The van der Waals surface area contributed by atoms with Crippen LogP contribution in [0.1, 0.15) is 117 Å². The van der Waals surface area contributed by atoms with Crippen LogP contribution in [0.25, 0.3) is 5.65 Å². The van der Waals surface area contributed by atoms with E-state index in [1.54, 1.807) is 15.6 Å². The maximum absolute atomic E-state index is 13.9. The van der Waals surface area contributed by atoms with Gasteiger partial charge in [0.1, 0.15) is 17.2 Å². The number of halogens is 1. The highest BCUT2D eigenvalue weighted by Gasteiger charge is 2.37. The molecule has 0 unspecified atom stereocenters. The molecule has 1 aromatic carbocycles. The van der Waals surface area contributed by atoms with E-state index in [0.29, 0.717) is 30.4 Å². The lowest BCUT2D eigenvalue weighted by Gasteiger charge is -2.37. The van der Waals surface area contributed by atoms with E-state index in [2.05, 4.69) is 58.0 Å². The molecule has 0 aliphatic heterocycles. The van der Waals surface area contributed by atoms with Gasteiger partial charge < -0.3 is 14.5 Å². The molecule has 0 radical (unpaired) electrons. The SMILES string of the molecule is CC(C)c1cnn2c(N(Cc3ccccc3)C(=O)OC(C)(C)C)cc(N[C@H](CCCCCCCc3ccc(F)nc3)CO[Si](C)(C)C(C)(C)C)nc12. The van der Waals surface area contributed by atoms with Crippen LogP contribution in [-0.4, -0.2) is 52.2 Å². The Hall–Kier alpha value is -3.83. The van der Waals surface area contributed by atoms with Gasteiger partial charge >= 0.3 is 6.09 Å². The van der Waals surface area contributed by atoms with E-state index in [1.807, 2.05) is 69.4 Å². The molecule has 0 fully saturated rings. The molecule has 3 aromatic heterocycles. The molecule has 0 saturated carbocycles. The van der Waals surface area contributed by atoms with Crippen LogP contribution in [0.4, 0.5) is 20.8 Å². The first-order valence-corrected chi connectivity index (χ1v) is 21.8. The molecule has 3 heterocycles. The van der Waals surface area contributed by atoms with Crippen molar-refractivity contribution in [3.63, 3.8) is 0 Å². The number of carbonyl (C=O) groups excluding carboxylic acids is 1. The molecule has 11 heteroatoms. The number of rotatable bonds is 17. The van der Waals surface area contributed by atoms with Crippen LogP contribution < -0.4 is 10.2 Å². The quantitative estimate of drug-likeness (QED) is 0.0656. The summed E-state index contributed by atoms with van der Waals surface area (Å²) in [5.41, 5.74) is 3.07. The molecule has 0 aliphatic rings. The zero-order valence-electron chi connectivity index (χ0n) is 33.1. The van der Waals surface area contributed by atoms with Gasteiger partial charge in [-0.2, -0.15) is 14.0 Å². The van der Waals surface area contributed by atoms with E-state index in [9.17, 15) is 9.18 Å². The number of nitrogens with one attached hydrogen (secondary N) is 1. The topological polar surface area (TPSA) is 93.9 Å². The molecule has 4 rings (SSSR count). The monoisotopic (exact) mass is 732 g/mol. The number of carbonyl (C=O) groups is 1. The summed E-state index contributed by atoms with van der Waals surface area (Å²) >= 11 is 0. The van der Waals surface area contributed by atoms with Crippen LogP contribution in [0, 0.1) is 5.95 Å². The van der Waals surface area contributed by atoms with Gasteiger partial charge in [0.05, 0.1) is 19.3 Å². The second-order valence-corrected chi connectivity index (χ2v) is 21.6. The molecular weight excluding hydrogens is 672 g/mol. The fourth-order valence-corrected chi connectivity index (χ4v) is 6.75. The maximum Gasteiger partial charge on any atom is 0.416 e. The summed E-state index contributed by atoms with van der Waals surface area (Å²) in [6, 6.07) is 15.1. The molecule has 9 nitrogen and oxygen atoms in total. The minimum Gasteiger partial charge on any atom is -0.443 e. The Labute approximate surface area is 311 Å². The summed E-state index contributed by atoms with van der Waals surface area (Å²) in [7, 11) is -2.03. The highest BCUT2D eigenvalue weighted by atomic mass is 28.4. The normalized spacial score (nSPS) is 13.1. The smallest absolute Gasteiger partial charge is 0.416 e. The number of hydrogen-bond donors (Lipinski definition) is 1. The highest BCUT2D eigenvalue weighted by molar-refractivity contribution is 6.74. The van der Waals surface area contributed by atoms with Crippen molar-refractivity contribution in [3.05, 3.63) is 83.6 Å². The van der Waals surface area contributed by atoms with E-state index in [4.69, 9.17) is 19.2 Å². The van der Waals surface area contributed by atoms with Gasteiger partial charge in [-0.15, -0.1) is 0 Å². The van der Waals surface area contributed by atoms with Crippen LogP contribution >= 0.6 is 0 Å². The Morgan fingerprint density at radius 2 is 1.63 bits per heavy atom. The first-order valence-electron chi connectivity index (χ1n) is 18.9. The molecular formula is C41H61FN6O3Si. The predicted octanol–water partition coefficient (Wildman–Crippen LogP) is 10.7. The zero-order valence-corrected chi connectivity index (χ0v) is 34.1. The van der Waals surface area contributed by atoms with Crippen LogP contribution in [0.5, 0.6) is 0 Å². The van der Waals surface area contributed by atoms with Gasteiger partial charge in [0, 0.05) is 23.9 Å². The number of hydrogen-bond acceptors (Lipinski definition) is 7. The third-order valence-corrected chi connectivity index (χ3v) is 14.3. The van der Waals surface area contributed by atoms with E-state index in [-0.39, 0.29) is 17.0 Å². The van der Waals surface area contributed by atoms with Crippen molar-refractivity contribution >= 4 is 31.7 Å². The molecule has 52 heavy (non-hydrogen) atoms. The van der Waals surface area contributed by atoms with E-state index >= 15 is 0 Å². The maximum atomic E-state index is 13.9. The predicted molar refractivity (Wildman–Crippen MR) is 212 cm³/mol. The lowest BCUT2D eigenvalue weighted by atomic mass is 10.0. The van der Waals surface area contributed by atoms with E-state index < -0.39 is 26.0 Å². The number of anilines is 2. The van der Waals surface area contributed by atoms with Gasteiger partial charge in [-0.05, 0) is 81.3 Å². The summed E-state index contributed by atoms with van der Waals surface area (Å²) in [5, 5.41) is 8.58. The standard InChI is InChI=1S/C41H61FN6O3Si/c1-30(2)34-27-44-48-37(47(39(49)51-40(3,4)5)28-32-20-16-14-17-21-32)25-36(46-38(34)48)45-33(29-50-52(9,10)41(6,7)8)22-18-13-11-12-15-19-31-23-24-35(42)43-26-31/h14,16-17,20-21,23-27,30,33H,11-13,15,18-19,22,28-29H2,1-10H3,(H,45,46)/t33-/m1/s1. The number of benzene rings is 1. The molecule has 0 saturated heterocycles. The average Bonchev–Trinajstić information content (AvgIpc) is 3.50. The molecule has 1 amide bonds. The zero-order chi connectivity index (χ0) is 38.1. The molecule has 0 spiro atoms. The number of ether oxygens (including phenoxy) is 1. The third-order valence-electron chi connectivity index (χ3n) is 9.79. The Morgan fingerprint density at radius 3 is 2.27 bits per heavy atom. The van der Waals surface area contributed by atoms with Gasteiger partial charge in [0.15, 0.2) is 14.0 Å². The number of fused-ring (bicyclic) bond motifs is 1. The molecule has 4 aromatic rings. The minimum absolute atomic E-state index is 0.0109. The second-order valence-electron chi connectivity index (χ2n) is 16.7. The number of aromatic nitrogens is 4. The number of amides is 1. The number of aryl methyl sites for hydroxylation is 1. The summed E-state index contributed by atoms with van der Waals surface area (Å²) in [6.45, 7) is 22.1. The van der Waals surface area contributed by atoms with Crippen molar-refractivity contribution in [1.82, 2.24) is 19.6 Å². The lowest BCUT2D eigenvalue weighted by Crippen LogP contribution is -2.43. The fraction of sp³-hybridized carbons (Fsp3) is 0.561. The highest BCUT2D eigenvalue weighted by Crippen LogP contribution is 2.37. The molecule has 0 aliphatic carbocycles. The fourth-order valence-electron chi connectivity index (χ4n) is 5.70. The van der Waals surface area contributed by atoms with Gasteiger partial charge in [0.2, 0.25) is 5.95 Å². The molecule has 0 bridgehead atoms. The molecule has 1 atom stereocenters. The number of unbranched alkanes of at least 4 members (excludes halogenated alkanes) is 4. The minimum atomic E-state index is -2.03. The summed E-state index contributed by atoms with van der Waals surface area (Å²) in [4.78, 5) is 24.5. The van der Waals surface area contributed by atoms with E-state index in [0.717, 1.165) is 61.6 Å². The largest absolute Gasteiger partial charge is 0.443 e. The van der Waals surface area contributed by atoms with E-state index in [1.165, 1.54) is 6.07 Å². The number of nitrogens with zero attached hydrogens (tertiary/aromatic N) is 5. The van der Waals surface area contributed by atoms with Crippen molar-refractivity contribution in [3.8, 4) is 0 Å². The second kappa shape index (κ2) is 17.8. The van der Waals surface area contributed by atoms with Crippen molar-refractivity contribution in [1.29, 1.82) is 0 Å². The van der Waals surface area contributed by atoms with Crippen molar-refractivity contribution in [2.75, 3.05) is 16.8 Å². The first kappa shape index (κ1) is 40.9. The Bertz CT molecular complexity index is 1710. The Morgan fingerprint density at radius 1 is 0.942 bits per heavy atom. The van der Waals surface area contributed by atoms with Gasteiger partial charge in [-0.25, -0.2) is 14.8 Å². The van der Waals surface area contributed by atoms with Crippen LogP contribution in [-0.2, 0) is 22.1 Å². The lowest BCUT2D eigenvalue weighted by molar-refractivity contribution is 0.0575. The average molecular weight is 733 g/mol. The van der Waals surface area contributed by atoms with Crippen LogP contribution in [0.15, 0.2) is 60.9 Å². The Kier molecular flexibility index (Phi) is 14.0. The summed E-state index contributed by atoms with van der Waals surface area (Å²) < 4.78 is 27.7. The Balaban J connectivity index is 1.60. The summed E-state index contributed by atoms with van der Waals surface area (Å²) in [5.74, 6) is 0.990. The van der Waals surface area contributed by atoms with Gasteiger partial charge in [-0.1, -0.05) is 96.7 Å². The van der Waals surface area contributed by atoms with Crippen LogP contribution in [0.3, 0.4) is 0 Å². The third kappa shape index (κ3) is 11.8.